The van der Waals surface area contributed by atoms with Gasteiger partial charge < -0.3 is 4.74 Å². The molecule has 0 bridgehead atoms. The number of hydrogen-bond acceptors (Lipinski definition) is 5. The molecule has 3 rings (SSSR count). The third kappa shape index (κ3) is 2.90. The van der Waals surface area contributed by atoms with Crippen LogP contribution in [0, 0.1) is 0 Å². The maximum absolute atomic E-state index is 6.16. The van der Waals surface area contributed by atoms with Crippen LogP contribution in [-0.2, 0) is 5.75 Å². The minimum atomic E-state index is 0.525. The van der Waals surface area contributed by atoms with Crippen molar-refractivity contribution in [2.24, 2.45) is 0 Å². The summed E-state index contributed by atoms with van der Waals surface area (Å²) in [5.74, 6) is 2.28. The van der Waals surface area contributed by atoms with Gasteiger partial charge in [-0.1, -0.05) is 17.7 Å². The first kappa shape index (κ1) is 13.7. The van der Waals surface area contributed by atoms with Crippen molar-refractivity contribution >= 4 is 44.9 Å². The van der Waals surface area contributed by atoms with E-state index in [1.807, 2.05) is 35.7 Å². The van der Waals surface area contributed by atoms with Crippen molar-refractivity contribution in [3.8, 4) is 5.75 Å². The SMILES string of the molecule is COc1cccc(SCc2nc(Cl)c3ccsc3n2)c1. The van der Waals surface area contributed by atoms with E-state index in [2.05, 4.69) is 9.97 Å². The molecule has 1 aromatic carbocycles. The second-order valence-corrected chi connectivity index (χ2v) is 6.34. The molecule has 102 valence electrons. The lowest BCUT2D eigenvalue weighted by molar-refractivity contribution is 0.413. The minimum absolute atomic E-state index is 0.525. The van der Waals surface area contributed by atoms with Gasteiger partial charge in [-0.25, -0.2) is 9.97 Å². The van der Waals surface area contributed by atoms with Crippen LogP contribution in [0.5, 0.6) is 5.75 Å². The van der Waals surface area contributed by atoms with E-state index in [1.165, 1.54) is 0 Å². The van der Waals surface area contributed by atoms with Crippen molar-refractivity contribution in [3.05, 3.63) is 46.7 Å². The lowest BCUT2D eigenvalue weighted by Crippen LogP contribution is -1.93. The Morgan fingerprint density at radius 1 is 1.30 bits per heavy atom. The molecule has 3 nitrogen and oxygen atoms in total. The van der Waals surface area contributed by atoms with Crippen LogP contribution < -0.4 is 4.74 Å². The van der Waals surface area contributed by atoms with Gasteiger partial charge in [0.2, 0.25) is 0 Å². The van der Waals surface area contributed by atoms with Gasteiger partial charge in [0.15, 0.2) is 0 Å². The Hall–Kier alpha value is -1.30. The normalized spacial score (nSPS) is 10.9. The number of hydrogen-bond donors (Lipinski definition) is 0. The number of methoxy groups -OCH3 is 1. The number of thiophene rings is 1. The van der Waals surface area contributed by atoms with Crippen LogP contribution in [0.2, 0.25) is 5.15 Å². The molecule has 0 aliphatic rings. The highest BCUT2D eigenvalue weighted by molar-refractivity contribution is 7.98. The maximum atomic E-state index is 6.16. The van der Waals surface area contributed by atoms with Crippen molar-refractivity contribution in [3.63, 3.8) is 0 Å². The first-order valence-electron chi connectivity index (χ1n) is 5.93. The second kappa shape index (κ2) is 5.99. The standard InChI is InChI=1S/C14H11ClN2OS2/c1-18-9-3-2-4-10(7-9)20-8-12-16-13(15)11-5-6-19-14(11)17-12/h2-7H,8H2,1H3. The van der Waals surface area contributed by atoms with Crippen molar-refractivity contribution in [2.45, 2.75) is 10.6 Å². The molecule has 0 amide bonds. The number of rotatable bonds is 4. The number of ether oxygens (including phenoxy) is 1. The first-order chi connectivity index (χ1) is 9.76. The van der Waals surface area contributed by atoms with Gasteiger partial charge in [0.05, 0.1) is 12.9 Å². The maximum Gasteiger partial charge on any atom is 0.142 e. The molecule has 0 aliphatic heterocycles. The van der Waals surface area contributed by atoms with Gasteiger partial charge >= 0.3 is 0 Å². The summed E-state index contributed by atoms with van der Waals surface area (Å²) >= 11 is 9.40. The molecule has 20 heavy (non-hydrogen) atoms. The highest BCUT2D eigenvalue weighted by Gasteiger charge is 2.07. The van der Waals surface area contributed by atoms with Crippen molar-refractivity contribution in [1.82, 2.24) is 9.97 Å². The van der Waals surface area contributed by atoms with Crippen LogP contribution in [0.4, 0.5) is 0 Å². The Morgan fingerprint density at radius 2 is 2.20 bits per heavy atom. The lowest BCUT2D eigenvalue weighted by atomic mass is 10.3. The predicted molar refractivity (Wildman–Crippen MR) is 85.0 cm³/mol. The summed E-state index contributed by atoms with van der Waals surface area (Å²) in [5.41, 5.74) is 0. The molecule has 6 heteroatoms. The summed E-state index contributed by atoms with van der Waals surface area (Å²) in [5, 5.41) is 3.42. The van der Waals surface area contributed by atoms with Crippen molar-refractivity contribution < 1.29 is 4.74 Å². The molecule has 2 heterocycles. The van der Waals surface area contributed by atoms with E-state index in [4.69, 9.17) is 16.3 Å². The zero-order chi connectivity index (χ0) is 13.9. The van der Waals surface area contributed by atoms with Gasteiger partial charge in [-0.05, 0) is 29.6 Å². The van der Waals surface area contributed by atoms with Gasteiger partial charge in [0.25, 0.3) is 0 Å². The number of nitrogens with zero attached hydrogens (tertiary/aromatic N) is 2. The van der Waals surface area contributed by atoms with Crippen molar-refractivity contribution in [2.75, 3.05) is 7.11 Å². The van der Waals surface area contributed by atoms with E-state index in [9.17, 15) is 0 Å². The van der Waals surface area contributed by atoms with E-state index in [1.54, 1.807) is 30.2 Å². The monoisotopic (exact) mass is 322 g/mol. The number of halogens is 1. The van der Waals surface area contributed by atoms with Gasteiger partial charge in [-0.15, -0.1) is 23.1 Å². The van der Waals surface area contributed by atoms with Gasteiger partial charge in [-0.2, -0.15) is 0 Å². The Balaban J connectivity index is 1.79. The van der Waals surface area contributed by atoms with Gasteiger partial charge in [0.1, 0.15) is 21.6 Å². The molecule has 0 saturated carbocycles. The predicted octanol–water partition coefficient (Wildman–Crippen LogP) is 4.65. The van der Waals surface area contributed by atoms with E-state index in [0.29, 0.717) is 10.9 Å². The zero-order valence-corrected chi connectivity index (χ0v) is 13.1. The highest BCUT2D eigenvalue weighted by atomic mass is 35.5. The van der Waals surface area contributed by atoms with Crippen LogP contribution >= 0.6 is 34.7 Å². The summed E-state index contributed by atoms with van der Waals surface area (Å²) in [6.45, 7) is 0. The fraction of sp³-hybridized carbons (Fsp3) is 0.143. The molecule has 3 aromatic rings. The summed E-state index contributed by atoms with van der Waals surface area (Å²) in [7, 11) is 1.66. The minimum Gasteiger partial charge on any atom is -0.497 e. The molecule has 0 fully saturated rings. The van der Waals surface area contributed by atoms with Crippen LogP contribution in [0.15, 0.2) is 40.6 Å². The largest absolute Gasteiger partial charge is 0.497 e. The zero-order valence-electron chi connectivity index (χ0n) is 10.7. The highest BCUT2D eigenvalue weighted by Crippen LogP contribution is 2.28. The Bertz CT molecular complexity index is 745. The first-order valence-corrected chi connectivity index (χ1v) is 8.17. The Labute approximate surface area is 130 Å². The number of thioether (sulfide) groups is 1. The lowest BCUT2D eigenvalue weighted by Gasteiger charge is -2.04. The molecule has 0 unspecified atom stereocenters. The molecular formula is C14H11ClN2OS2. The molecule has 0 N–H and O–H groups in total. The summed E-state index contributed by atoms with van der Waals surface area (Å²) in [4.78, 5) is 10.9. The molecule has 2 aromatic heterocycles. The summed E-state index contributed by atoms with van der Waals surface area (Å²) in [6.07, 6.45) is 0. The van der Waals surface area contributed by atoms with Crippen LogP contribution in [-0.4, -0.2) is 17.1 Å². The van der Waals surface area contributed by atoms with Crippen LogP contribution in [0.3, 0.4) is 0 Å². The van der Waals surface area contributed by atoms with E-state index in [0.717, 1.165) is 26.7 Å². The summed E-state index contributed by atoms with van der Waals surface area (Å²) in [6, 6.07) is 9.88. The van der Waals surface area contributed by atoms with Gasteiger partial charge in [-0.3, -0.25) is 0 Å². The van der Waals surface area contributed by atoms with Gasteiger partial charge in [0, 0.05) is 10.3 Å². The molecule has 0 aliphatic carbocycles. The number of benzene rings is 1. The van der Waals surface area contributed by atoms with E-state index >= 15 is 0 Å². The number of fused-ring (bicyclic) bond motifs is 1. The Kier molecular flexibility index (Phi) is 4.10. The average Bonchev–Trinajstić information content (AvgIpc) is 2.94. The quantitative estimate of drug-likeness (QED) is 0.517. The molecule has 0 radical (unpaired) electrons. The smallest absolute Gasteiger partial charge is 0.142 e. The van der Waals surface area contributed by atoms with E-state index in [-0.39, 0.29) is 0 Å². The van der Waals surface area contributed by atoms with E-state index < -0.39 is 0 Å². The molecule has 0 atom stereocenters. The third-order valence-corrected chi connectivity index (χ3v) is 4.82. The summed E-state index contributed by atoms with van der Waals surface area (Å²) < 4.78 is 5.21. The molecule has 0 saturated heterocycles. The van der Waals surface area contributed by atoms with Crippen molar-refractivity contribution in [1.29, 1.82) is 0 Å². The fourth-order valence-corrected chi connectivity index (χ4v) is 3.65. The van der Waals surface area contributed by atoms with Crippen LogP contribution in [0.1, 0.15) is 5.82 Å². The van der Waals surface area contributed by atoms with Crippen LogP contribution in [0.25, 0.3) is 10.2 Å². The number of aromatic nitrogens is 2. The topological polar surface area (TPSA) is 35.0 Å². The second-order valence-electron chi connectivity index (χ2n) is 4.04. The average molecular weight is 323 g/mol. The third-order valence-electron chi connectivity index (χ3n) is 2.73. The fourth-order valence-electron chi connectivity index (χ4n) is 1.76. The molecular weight excluding hydrogens is 312 g/mol. The Morgan fingerprint density at radius 3 is 3.05 bits per heavy atom. The molecule has 0 spiro atoms.